The zero-order valence-electron chi connectivity index (χ0n) is 12.7. The average Bonchev–Trinajstić information content (AvgIpc) is 2.77. The van der Waals surface area contributed by atoms with Crippen molar-refractivity contribution >= 4 is 40.8 Å². The Hall–Kier alpha value is -2.61. The molecule has 0 aromatic heterocycles. The Bertz CT molecular complexity index is 739. The fourth-order valence-electron chi connectivity index (χ4n) is 1.78. The quantitative estimate of drug-likeness (QED) is 0.514. The maximum absolute atomic E-state index is 11.8. The van der Waals surface area contributed by atoms with Gasteiger partial charge in [0.1, 0.15) is 0 Å². The number of amides is 2. The molecule has 7 nitrogen and oxygen atoms in total. The molecule has 1 aliphatic rings. The highest BCUT2D eigenvalue weighted by atomic mass is 32.2. The fraction of sp³-hybridized carbons (Fsp3) is 0.200. The van der Waals surface area contributed by atoms with Gasteiger partial charge in [-0.05, 0) is 35.5 Å². The number of benzene rings is 1. The zero-order valence-corrected chi connectivity index (χ0v) is 13.5. The lowest BCUT2D eigenvalue weighted by molar-refractivity contribution is -0.132. The highest BCUT2D eigenvalue weighted by Crippen LogP contribution is 2.32. The van der Waals surface area contributed by atoms with Gasteiger partial charge < -0.3 is 14.8 Å². The second-order valence-corrected chi connectivity index (χ2v) is 5.55. The van der Waals surface area contributed by atoms with Crippen LogP contribution in [0.4, 0.5) is 0 Å². The molecule has 0 saturated heterocycles. The average molecular weight is 334 g/mol. The van der Waals surface area contributed by atoms with Crippen molar-refractivity contribution in [2.75, 3.05) is 7.11 Å². The summed E-state index contributed by atoms with van der Waals surface area (Å²) in [7, 11) is 1.46. The van der Waals surface area contributed by atoms with Crippen LogP contribution >= 0.6 is 11.8 Å². The minimum absolute atomic E-state index is 0.238. The SMILES string of the molecule is COc1ccc(C=C2SC(NC(C)=O)=NC2=O)cc1OC(C)=O. The number of amidine groups is 1. The molecule has 0 spiro atoms. The summed E-state index contributed by atoms with van der Waals surface area (Å²) in [6, 6.07) is 4.92. The van der Waals surface area contributed by atoms with Gasteiger partial charge in [-0.25, -0.2) is 0 Å². The van der Waals surface area contributed by atoms with Crippen LogP contribution in [0.2, 0.25) is 0 Å². The minimum atomic E-state index is -0.476. The first kappa shape index (κ1) is 16.8. The van der Waals surface area contributed by atoms with Gasteiger partial charge in [0.15, 0.2) is 16.7 Å². The number of thioether (sulfide) groups is 1. The molecule has 0 saturated carbocycles. The van der Waals surface area contributed by atoms with E-state index in [9.17, 15) is 14.4 Å². The first-order chi connectivity index (χ1) is 10.9. The Labute approximate surface area is 136 Å². The summed E-state index contributed by atoms with van der Waals surface area (Å²) in [5, 5.41) is 2.71. The number of carbonyl (C=O) groups excluding carboxylic acids is 3. The van der Waals surface area contributed by atoms with Gasteiger partial charge in [-0.1, -0.05) is 6.07 Å². The lowest BCUT2D eigenvalue weighted by atomic mass is 10.2. The van der Waals surface area contributed by atoms with Crippen LogP contribution in [-0.2, 0) is 14.4 Å². The third-order valence-electron chi connectivity index (χ3n) is 2.64. The first-order valence-electron chi connectivity index (χ1n) is 6.55. The highest BCUT2D eigenvalue weighted by molar-refractivity contribution is 8.18. The summed E-state index contributed by atoms with van der Waals surface area (Å²) in [6.45, 7) is 2.62. The molecular weight excluding hydrogens is 320 g/mol. The summed E-state index contributed by atoms with van der Waals surface area (Å²) in [5.74, 6) is -0.554. The molecule has 2 amide bonds. The van der Waals surface area contributed by atoms with Crippen LogP contribution < -0.4 is 14.8 Å². The molecule has 1 aliphatic heterocycles. The van der Waals surface area contributed by atoms with E-state index in [1.807, 2.05) is 0 Å². The van der Waals surface area contributed by atoms with Crippen molar-refractivity contribution in [3.8, 4) is 11.5 Å². The fourth-order valence-corrected chi connectivity index (χ4v) is 2.64. The van der Waals surface area contributed by atoms with E-state index in [2.05, 4.69) is 10.3 Å². The lowest BCUT2D eigenvalue weighted by Crippen LogP contribution is -2.23. The molecule has 0 radical (unpaired) electrons. The number of ether oxygens (including phenoxy) is 2. The largest absolute Gasteiger partial charge is 0.493 e. The number of esters is 1. The Morgan fingerprint density at radius 2 is 2.00 bits per heavy atom. The topological polar surface area (TPSA) is 94.1 Å². The van der Waals surface area contributed by atoms with E-state index in [1.165, 1.54) is 21.0 Å². The van der Waals surface area contributed by atoms with Crippen molar-refractivity contribution in [3.05, 3.63) is 28.7 Å². The van der Waals surface area contributed by atoms with Gasteiger partial charge in [-0.3, -0.25) is 14.4 Å². The predicted octanol–water partition coefficient (Wildman–Crippen LogP) is 1.73. The van der Waals surface area contributed by atoms with Crippen LogP contribution in [0.1, 0.15) is 19.4 Å². The zero-order chi connectivity index (χ0) is 17.0. The van der Waals surface area contributed by atoms with Crippen LogP contribution in [0.5, 0.6) is 11.5 Å². The summed E-state index contributed by atoms with van der Waals surface area (Å²) in [5.41, 5.74) is 0.636. The Morgan fingerprint density at radius 3 is 2.61 bits per heavy atom. The standard InChI is InChI=1S/C15H14N2O5S/c1-8(18)16-15-17-14(20)13(23-15)7-10-4-5-11(21-3)12(6-10)22-9(2)19/h4-7H,1-3H3,(H,16,17,18,20). The Kier molecular flexibility index (Phi) is 5.17. The van der Waals surface area contributed by atoms with Crippen molar-refractivity contribution in [2.45, 2.75) is 13.8 Å². The van der Waals surface area contributed by atoms with Gasteiger partial charge >= 0.3 is 5.97 Å². The van der Waals surface area contributed by atoms with Gasteiger partial charge in [0, 0.05) is 13.8 Å². The maximum Gasteiger partial charge on any atom is 0.308 e. The van der Waals surface area contributed by atoms with Crippen molar-refractivity contribution in [3.63, 3.8) is 0 Å². The molecule has 0 aliphatic carbocycles. The summed E-state index contributed by atoms with van der Waals surface area (Å²) in [4.78, 5) is 38.0. The van der Waals surface area contributed by atoms with E-state index in [0.717, 1.165) is 11.8 Å². The second kappa shape index (κ2) is 7.10. The molecule has 0 bridgehead atoms. The number of hydrogen-bond donors (Lipinski definition) is 1. The van der Waals surface area contributed by atoms with Crippen molar-refractivity contribution in [1.29, 1.82) is 0 Å². The number of rotatable bonds is 3. The van der Waals surface area contributed by atoms with E-state index in [4.69, 9.17) is 9.47 Å². The van der Waals surface area contributed by atoms with Crippen molar-refractivity contribution < 1.29 is 23.9 Å². The van der Waals surface area contributed by atoms with E-state index in [0.29, 0.717) is 16.2 Å². The Morgan fingerprint density at radius 1 is 1.26 bits per heavy atom. The van der Waals surface area contributed by atoms with Gasteiger partial charge in [-0.15, -0.1) is 0 Å². The molecule has 0 atom stereocenters. The van der Waals surface area contributed by atoms with Crippen molar-refractivity contribution in [1.82, 2.24) is 5.32 Å². The summed E-state index contributed by atoms with van der Waals surface area (Å²) >= 11 is 1.06. The molecule has 1 aromatic carbocycles. The van der Waals surface area contributed by atoms with Crippen LogP contribution in [0.15, 0.2) is 28.1 Å². The lowest BCUT2D eigenvalue weighted by Gasteiger charge is -2.08. The van der Waals surface area contributed by atoms with Gasteiger partial charge in [-0.2, -0.15) is 4.99 Å². The monoisotopic (exact) mass is 334 g/mol. The number of aliphatic imine (C=N–C) groups is 1. The second-order valence-electron chi connectivity index (χ2n) is 4.52. The minimum Gasteiger partial charge on any atom is -0.493 e. The molecule has 1 heterocycles. The molecule has 0 unspecified atom stereocenters. The summed E-state index contributed by atoms with van der Waals surface area (Å²) in [6.07, 6.45) is 1.59. The third kappa shape index (κ3) is 4.43. The number of nitrogens with one attached hydrogen (secondary N) is 1. The maximum atomic E-state index is 11.8. The van der Waals surface area contributed by atoms with Crippen LogP contribution in [0.25, 0.3) is 6.08 Å². The van der Waals surface area contributed by atoms with Crippen LogP contribution in [0.3, 0.4) is 0 Å². The molecule has 8 heteroatoms. The molecule has 0 fully saturated rings. The number of nitrogens with zero attached hydrogens (tertiary/aromatic N) is 1. The highest BCUT2D eigenvalue weighted by Gasteiger charge is 2.22. The molecule has 120 valence electrons. The Balaban J connectivity index is 2.25. The molecular formula is C15H14N2O5S. The third-order valence-corrected chi connectivity index (χ3v) is 3.54. The van der Waals surface area contributed by atoms with E-state index < -0.39 is 11.9 Å². The number of methoxy groups -OCH3 is 1. The normalized spacial score (nSPS) is 15.3. The molecule has 1 N–H and O–H groups in total. The van der Waals surface area contributed by atoms with E-state index >= 15 is 0 Å². The predicted molar refractivity (Wildman–Crippen MR) is 86.1 cm³/mol. The number of hydrogen-bond acceptors (Lipinski definition) is 6. The smallest absolute Gasteiger partial charge is 0.308 e. The van der Waals surface area contributed by atoms with E-state index in [-0.39, 0.29) is 16.8 Å². The van der Waals surface area contributed by atoms with E-state index in [1.54, 1.807) is 24.3 Å². The first-order valence-corrected chi connectivity index (χ1v) is 7.37. The molecule has 23 heavy (non-hydrogen) atoms. The van der Waals surface area contributed by atoms with Crippen LogP contribution in [0, 0.1) is 0 Å². The summed E-state index contributed by atoms with van der Waals surface area (Å²) < 4.78 is 10.2. The molecule has 1 aromatic rings. The van der Waals surface area contributed by atoms with Crippen molar-refractivity contribution in [2.24, 2.45) is 4.99 Å². The van der Waals surface area contributed by atoms with Gasteiger partial charge in [0.05, 0.1) is 12.0 Å². The van der Waals surface area contributed by atoms with Gasteiger partial charge in [0.25, 0.3) is 5.91 Å². The van der Waals surface area contributed by atoms with Crippen LogP contribution in [-0.4, -0.2) is 30.1 Å². The van der Waals surface area contributed by atoms with Gasteiger partial charge in [0.2, 0.25) is 5.91 Å². The number of carbonyl (C=O) groups is 3. The molecule has 2 rings (SSSR count).